The minimum Gasteiger partial charge on any atom is -0.463 e. The second kappa shape index (κ2) is 7.41. The van der Waals surface area contributed by atoms with Crippen molar-refractivity contribution < 1.29 is 13.9 Å². The van der Waals surface area contributed by atoms with Crippen molar-refractivity contribution in [2.24, 2.45) is 0 Å². The highest BCUT2D eigenvalue weighted by atomic mass is 19.1. The van der Waals surface area contributed by atoms with Crippen LogP contribution in [-0.4, -0.2) is 12.6 Å². The highest BCUT2D eigenvalue weighted by Crippen LogP contribution is 2.26. The molecule has 3 nitrogen and oxygen atoms in total. The number of hydrogen-bond donors (Lipinski definition) is 1. The second-order valence-corrected chi connectivity index (χ2v) is 4.74. The number of carbonyl (C=O) groups is 1. The molecule has 0 bridgehead atoms. The first kappa shape index (κ1) is 15.8. The molecule has 0 heterocycles. The fraction of sp³-hybridized carbons (Fsp3) is 0.167. The van der Waals surface area contributed by atoms with E-state index in [1.807, 2.05) is 30.3 Å². The minimum atomic E-state index is -0.453. The summed E-state index contributed by atoms with van der Waals surface area (Å²) in [4.78, 5) is 12.0. The Bertz CT molecular complexity index is 638. The Hall–Kier alpha value is -2.62. The van der Waals surface area contributed by atoms with Gasteiger partial charge in [0.15, 0.2) is 0 Å². The van der Waals surface area contributed by atoms with Crippen LogP contribution < -0.4 is 5.32 Å². The molecule has 0 aromatic heterocycles. The molecule has 22 heavy (non-hydrogen) atoms. The smallest absolute Gasteiger partial charge is 0.335 e. The first-order valence-electron chi connectivity index (χ1n) is 7.04. The summed E-state index contributed by atoms with van der Waals surface area (Å²) in [6.45, 7) is 5.89. The molecule has 0 radical (unpaired) electrons. The minimum absolute atomic E-state index is 0.288. The van der Waals surface area contributed by atoms with Crippen molar-refractivity contribution in [2.45, 2.75) is 13.0 Å². The number of ether oxygens (including phenoxy) is 1. The zero-order chi connectivity index (χ0) is 15.9. The first-order chi connectivity index (χ1) is 10.6. The van der Waals surface area contributed by atoms with Gasteiger partial charge in [0.25, 0.3) is 0 Å². The number of nitrogens with one attached hydrogen (secondary N) is 1. The topological polar surface area (TPSA) is 38.3 Å². The summed E-state index contributed by atoms with van der Waals surface area (Å²) in [6, 6.07) is 15.0. The molecule has 2 rings (SSSR count). The maximum Gasteiger partial charge on any atom is 0.335 e. The van der Waals surface area contributed by atoms with E-state index in [2.05, 4.69) is 11.9 Å². The van der Waals surface area contributed by atoms with E-state index in [-0.39, 0.29) is 12.4 Å². The van der Waals surface area contributed by atoms with Gasteiger partial charge < -0.3 is 10.1 Å². The standard InChI is InChI=1S/C18H18FNO2/c1-3-22-18(21)13(2)17(14-7-5-4-6-8-14)20-16-11-9-15(19)10-12-16/h4-12,17,20H,2-3H2,1H3/t17-/m1/s1. The molecule has 0 aliphatic carbocycles. The van der Waals surface area contributed by atoms with Gasteiger partial charge in [-0.25, -0.2) is 9.18 Å². The van der Waals surface area contributed by atoms with Crippen molar-refractivity contribution in [2.75, 3.05) is 11.9 Å². The van der Waals surface area contributed by atoms with Crippen LogP contribution in [-0.2, 0) is 9.53 Å². The lowest BCUT2D eigenvalue weighted by Crippen LogP contribution is -2.20. The molecule has 0 fully saturated rings. The molecule has 0 amide bonds. The Morgan fingerprint density at radius 1 is 1.18 bits per heavy atom. The lowest BCUT2D eigenvalue weighted by Gasteiger charge is -2.21. The normalized spacial score (nSPS) is 11.5. The molecule has 0 saturated carbocycles. The zero-order valence-corrected chi connectivity index (χ0v) is 12.4. The van der Waals surface area contributed by atoms with Gasteiger partial charge in [-0.2, -0.15) is 0 Å². The van der Waals surface area contributed by atoms with Gasteiger partial charge in [-0.15, -0.1) is 0 Å². The number of rotatable bonds is 6. The first-order valence-corrected chi connectivity index (χ1v) is 7.04. The highest BCUT2D eigenvalue weighted by molar-refractivity contribution is 5.90. The number of carbonyl (C=O) groups excluding carboxylic acids is 1. The van der Waals surface area contributed by atoms with Crippen molar-refractivity contribution >= 4 is 11.7 Å². The van der Waals surface area contributed by atoms with Crippen molar-refractivity contribution in [1.29, 1.82) is 0 Å². The Morgan fingerprint density at radius 3 is 2.41 bits per heavy atom. The highest BCUT2D eigenvalue weighted by Gasteiger charge is 2.21. The van der Waals surface area contributed by atoms with Crippen molar-refractivity contribution in [3.63, 3.8) is 0 Å². The molecule has 1 atom stereocenters. The Morgan fingerprint density at radius 2 is 1.82 bits per heavy atom. The quantitative estimate of drug-likeness (QED) is 0.644. The fourth-order valence-electron chi connectivity index (χ4n) is 2.07. The predicted octanol–water partition coefficient (Wildman–Crippen LogP) is 4.10. The van der Waals surface area contributed by atoms with E-state index in [0.717, 1.165) is 5.56 Å². The van der Waals surface area contributed by atoms with Crippen molar-refractivity contribution in [3.05, 3.63) is 78.1 Å². The van der Waals surface area contributed by atoms with E-state index in [1.165, 1.54) is 12.1 Å². The van der Waals surface area contributed by atoms with Gasteiger partial charge >= 0.3 is 5.97 Å². The summed E-state index contributed by atoms with van der Waals surface area (Å²) >= 11 is 0. The number of anilines is 1. The molecule has 0 saturated heterocycles. The molecule has 4 heteroatoms. The van der Waals surface area contributed by atoms with Crippen LogP contribution in [0, 0.1) is 5.82 Å². The predicted molar refractivity (Wildman–Crippen MR) is 85.0 cm³/mol. The maximum absolute atomic E-state index is 13.0. The molecular formula is C18H18FNO2. The number of halogens is 1. The van der Waals surface area contributed by atoms with Gasteiger partial charge in [0.05, 0.1) is 18.2 Å². The van der Waals surface area contributed by atoms with Crippen LogP contribution in [0.3, 0.4) is 0 Å². The average Bonchev–Trinajstić information content (AvgIpc) is 2.55. The van der Waals surface area contributed by atoms with Crippen LogP contribution in [0.25, 0.3) is 0 Å². The molecule has 0 aliphatic rings. The summed E-state index contributed by atoms with van der Waals surface area (Å²) < 4.78 is 18.0. The Labute approximate surface area is 129 Å². The van der Waals surface area contributed by atoms with E-state index in [1.54, 1.807) is 19.1 Å². The average molecular weight is 299 g/mol. The van der Waals surface area contributed by atoms with E-state index in [4.69, 9.17) is 4.74 Å². The summed E-state index contributed by atoms with van der Waals surface area (Å²) in [7, 11) is 0. The van der Waals surface area contributed by atoms with Crippen LogP contribution in [0.15, 0.2) is 66.7 Å². The molecule has 0 aliphatic heterocycles. The van der Waals surface area contributed by atoms with Gasteiger partial charge in [0.2, 0.25) is 0 Å². The summed E-state index contributed by atoms with van der Waals surface area (Å²) in [5.74, 6) is -0.767. The van der Waals surface area contributed by atoms with Crippen LogP contribution >= 0.6 is 0 Å². The number of benzene rings is 2. The molecule has 0 unspecified atom stereocenters. The molecule has 0 spiro atoms. The monoisotopic (exact) mass is 299 g/mol. The molecule has 114 valence electrons. The van der Waals surface area contributed by atoms with Crippen molar-refractivity contribution in [1.82, 2.24) is 0 Å². The summed E-state index contributed by atoms with van der Waals surface area (Å²) in [5, 5.41) is 3.19. The molecule has 1 N–H and O–H groups in total. The zero-order valence-electron chi connectivity index (χ0n) is 12.4. The third-order valence-electron chi connectivity index (χ3n) is 3.17. The van der Waals surface area contributed by atoms with Gasteiger partial charge in [-0.1, -0.05) is 36.9 Å². The summed E-state index contributed by atoms with van der Waals surface area (Å²) in [5.41, 5.74) is 1.88. The molecule has 2 aromatic rings. The van der Waals surface area contributed by atoms with Gasteiger partial charge in [-0.3, -0.25) is 0 Å². The van der Waals surface area contributed by atoms with Crippen LogP contribution in [0.1, 0.15) is 18.5 Å². The van der Waals surface area contributed by atoms with Gasteiger partial charge in [0, 0.05) is 5.69 Å². The van der Waals surface area contributed by atoms with E-state index >= 15 is 0 Å². The number of esters is 1. The van der Waals surface area contributed by atoms with Crippen LogP contribution in [0.4, 0.5) is 10.1 Å². The molecule has 2 aromatic carbocycles. The second-order valence-electron chi connectivity index (χ2n) is 4.74. The SMILES string of the molecule is C=C(C(=O)OCC)[C@@H](Nc1ccc(F)cc1)c1ccccc1. The van der Waals surface area contributed by atoms with E-state index in [9.17, 15) is 9.18 Å². The lowest BCUT2D eigenvalue weighted by atomic mass is 9.99. The fourth-order valence-corrected chi connectivity index (χ4v) is 2.07. The van der Waals surface area contributed by atoms with Crippen molar-refractivity contribution in [3.8, 4) is 0 Å². The summed E-state index contributed by atoms with van der Waals surface area (Å²) in [6.07, 6.45) is 0. The number of hydrogen-bond acceptors (Lipinski definition) is 3. The Kier molecular flexibility index (Phi) is 5.31. The Balaban J connectivity index is 2.27. The third-order valence-corrected chi connectivity index (χ3v) is 3.17. The van der Waals surface area contributed by atoms with E-state index < -0.39 is 12.0 Å². The van der Waals surface area contributed by atoms with E-state index in [0.29, 0.717) is 11.3 Å². The van der Waals surface area contributed by atoms with Gasteiger partial charge in [-0.05, 0) is 36.8 Å². The lowest BCUT2D eigenvalue weighted by molar-refractivity contribution is -0.138. The molecular weight excluding hydrogens is 281 g/mol. The maximum atomic E-state index is 13.0. The third kappa shape index (κ3) is 3.95. The van der Waals surface area contributed by atoms with Gasteiger partial charge in [0.1, 0.15) is 5.82 Å². The van der Waals surface area contributed by atoms with Crippen LogP contribution in [0.5, 0.6) is 0 Å². The van der Waals surface area contributed by atoms with Crippen LogP contribution in [0.2, 0.25) is 0 Å². The largest absolute Gasteiger partial charge is 0.463 e.